The molecule has 0 spiro atoms. The van der Waals surface area contributed by atoms with Gasteiger partial charge in [0.25, 0.3) is 5.97 Å². The summed E-state index contributed by atoms with van der Waals surface area (Å²) in [5.74, 6) is -0.821. The van der Waals surface area contributed by atoms with E-state index in [0.29, 0.717) is 10.5 Å². The SMILES string of the molecule is C=CC(CCCC)C(OC)(OC)O[SiH3]. The molecule has 0 saturated heterocycles. The summed E-state index contributed by atoms with van der Waals surface area (Å²) in [6.07, 6.45) is 5.09. The third-order valence-electron chi connectivity index (χ3n) is 2.46. The van der Waals surface area contributed by atoms with Gasteiger partial charge in [-0.3, -0.25) is 0 Å². The van der Waals surface area contributed by atoms with Gasteiger partial charge in [0.1, 0.15) is 0 Å². The molecule has 0 aliphatic rings. The van der Waals surface area contributed by atoms with Gasteiger partial charge in [-0.25, -0.2) is 0 Å². The summed E-state index contributed by atoms with van der Waals surface area (Å²) in [6.45, 7) is 5.95. The largest absolute Gasteiger partial charge is 0.380 e. The molecule has 0 heterocycles. The minimum Gasteiger partial charge on any atom is -0.380 e. The van der Waals surface area contributed by atoms with Crippen LogP contribution in [0.1, 0.15) is 26.2 Å². The standard InChI is InChI=1S/C10H22O3Si/c1-5-7-8-9(6-2)10(11-3,12-4)13-14/h6,9H,2,5,7-8H2,1,3-4,14H3. The van der Waals surface area contributed by atoms with Crippen molar-refractivity contribution in [2.75, 3.05) is 14.2 Å². The van der Waals surface area contributed by atoms with Gasteiger partial charge in [-0.1, -0.05) is 25.8 Å². The van der Waals surface area contributed by atoms with Crippen LogP contribution in [0.15, 0.2) is 12.7 Å². The maximum absolute atomic E-state index is 5.41. The monoisotopic (exact) mass is 218 g/mol. The van der Waals surface area contributed by atoms with Crippen LogP contribution in [0.4, 0.5) is 0 Å². The highest BCUT2D eigenvalue weighted by Crippen LogP contribution is 2.28. The van der Waals surface area contributed by atoms with Gasteiger partial charge in [0.05, 0.1) is 5.92 Å². The summed E-state index contributed by atoms with van der Waals surface area (Å²) in [4.78, 5) is 0. The number of rotatable bonds is 8. The molecule has 0 rings (SSSR count). The van der Waals surface area contributed by atoms with Gasteiger partial charge < -0.3 is 13.9 Å². The Morgan fingerprint density at radius 3 is 2.29 bits per heavy atom. The lowest BCUT2D eigenvalue weighted by molar-refractivity contribution is -0.343. The van der Waals surface area contributed by atoms with Gasteiger partial charge in [0.15, 0.2) is 10.5 Å². The van der Waals surface area contributed by atoms with E-state index in [1.54, 1.807) is 14.2 Å². The van der Waals surface area contributed by atoms with Crippen LogP contribution in [0.25, 0.3) is 0 Å². The topological polar surface area (TPSA) is 27.7 Å². The van der Waals surface area contributed by atoms with Gasteiger partial charge in [0.2, 0.25) is 0 Å². The lowest BCUT2D eigenvalue weighted by Crippen LogP contribution is -2.43. The quantitative estimate of drug-likeness (QED) is 0.348. The molecule has 0 radical (unpaired) electrons. The summed E-state index contributed by atoms with van der Waals surface area (Å²) in [5, 5.41) is 0. The van der Waals surface area contributed by atoms with E-state index in [4.69, 9.17) is 13.9 Å². The Labute approximate surface area is 90.0 Å². The molecule has 1 unspecified atom stereocenters. The van der Waals surface area contributed by atoms with Crippen LogP contribution in [-0.4, -0.2) is 30.7 Å². The van der Waals surface area contributed by atoms with Gasteiger partial charge in [-0.05, 0) is 6.42 Å². The molecule has 0 aliphatic carbocycles. The van der Waals surface area contributed by atoms with Crippen LogP contribution in [0, 0.1) is 5.92 Å². The van der Waals surface area contributed by atoms with Crippen LogP contribution in [0.5, 0.6) is 0 Å². The Bertz CT molecular complexity index is 149. The molecule has 0 fully saturated rings. The van der Waals surface area contributed by atoms with Crippen molar-refractivity contribution >= 4 is 10.5 Å². The molecule has 3 nitrogen and oxygen atoms in total. The normalized spacial score (nSPS) is 14.2. The molecule has 84 valence electrons. The van der Waals surface area contributed by atoms with E-state index in [1.807, 2.05) is 6.08 Å². The first-order chi connectivity index (χ1) is 6.70. The number of hydrogen-bond acceptors (Lipinski definition) is 3. The second-order valence-corrected chi connectivity index (χ2v) is 3.61. The average Bonchev–Trinajstić information content (AvgIpc) is 2.25. The zero-order valence-corrected chi connectivity index (χ0v) is 11.7. The minimum absolute atomic E-state index is 0.0925. The summed E-state index contributed by atoms with van der Waals surface area (Å²) < 4.78 is 16.0. The summed E-state index contributed by atoms with van der Waals surface area (Å²) >= 11 is 0. The van der Waals surface area contributed by atoms with E-state index in [-0.39, 0.29) is 5.92 Å². The molecule has 0 aromatic rings. The fraction of sp³-hybridized carbons (Fsp3) is 0.800. The fourth-order valence-electron chi connectivity index (χ4n) is 1.57. The second kappa shape index (κ2) is 7.17. The Balaban J connectivity index is 4.48. The Morgan fingerprint density at radius 1 is 1.43 bits per heavy atom. The molecule has 0 N–H and O–H groups in total. The highest BCUT2D eigenvalue weighted by molar-refractivity contribution is 5.98. The molecule has 0 bridgehead atoms. The molecule has 0 aromatic carbocycles. The van der Waals surface area contributed by atoms with E-state index in [0.717, 1.165) is 19.3 Å². The van der Waals surface area contributed by atoms with Crippen LogP contribution < -0.4 is 0 Å². The van der Waals surface area contributed by atoms with Gasteiger partial charge >= 0.3 is 0 Å². The van der Waals surface area contributed by atoms with E-state index < -0.39 is 5.97 Å². The van der Waals surface area contributed by atoms with Crippen molar-refractivity contribution in [3.8, 4) is 0 Å². The smallest absolute Gasteiger partial charge is 0.278 e. The molecule has 14 heavy (non-hydrogen) atoms. The van der Waals surface area contributed by atoms with Crippen molar-refractivity contribution in [1.82, 2.24) is 0 Å². The van der Waals surface area contributed by atoms with Crippen LogP contribution in [0.2, 0.25) is 0 Å². The highest BCUT2D eigenvalue weighted by atomic mass is 28.2. The summed E-state index contributed by atoms with van der Waals surface area (Å²) in [6, 6.07) is 0. The molecule has 0 amide bonds. The van der Waals surface area contributed by atoms with Crippen molar-refractivity contribution in [3.05, 3.63) is 12.7 Å². The Kier molecular flexibility index (Phi) is 7.09. The first-order valence-electron chi connectivity index (χ1n) is 4.98. The lowest BCUT2D eigenvalue weighted by atomic mass is 9.99. The molecule has 1 atom stereocenters. The van der Waals surface area contributed by atoms with Gasteiger partial charge in [-0.15, -0.1) is 6.58 Å². The van der Waals surface area contributed by atoms with Crippen LogP contribution in [-0.2, 0) is 13.9 Å². The van der Waals surface area contributed by atoms with Crippen molar-refractivity contribution in [1.29, 1.82) is 0 Å². The predicted molar refractivity (Wildman–Crippen MR) is 61.0 cm³/mol. The number of unbranched alkanes of at least 4 members (excludes halogenated alkanes) is 1. The molecule has 0 aromatic heterocycles. The van der Waals surface area contributed by atoms with Crippen molar-refractivity contribution in [2.45, 2.75) is 32.2 Å². The van der Waals surface area contributed by atoms with E-state index >= 15 is 0 Å². The van der Waals surface area contributed by atoms with E-state index in [9.17, 15) is 0 Å². The molecule has 0 saturated carbocycles. The van der Waals surface area contributed by atoms with E-state index in [2.05, 4.69) is 13.5 Å². The number of hydrogen-bond donors (Lipinski definition) is 0. The Hall–Kier alpha value is -0.163. The molecule has 0 aliphatic heterocycles. The Morgan fingerprint density at radius 2 is 2.00 bits per heavy atom. The van der Waals surface area contributed by atoms with Crippen molar-refractivity contribution < 1.29 is 13.9 Å². The average molecular weight is 218 g/mol. The van der Waals surface area contributed by atoms with E-state index in [1.165, 1.54) is 0 Å². The zero-order valence-electron chi connectivity index (χ0n) is 9.71. The fourth-order valence-corrected chi connectivity index (χ4v) is 2.20. The van der Waals surface area contributed by atoms with Gasteiger partial charge in [-0.2, -0.15) is 0 Å². The zero-order chi connectivity index (χ0) is 11.0. The third-order valence-corrected chi connectivity index (χ3v) is 3.03. The predicted octanol–water partition coefficient (Wildman–Crippen LogP) is 1.22. The summed E-state index contributed by atoms with van der Waals surface area (Å²) in [5.41, 5.74) is 0. The first kappa shape index (κ1) is 13.8. The summed E-state index contributed by atoms with van der Waals surface area (Å²) in [7, 11) is 3.78. The molecular formula is C10H22O3Si. The van der Waals surface area contributed by atoms with Crippen molar-refractivity contribution in [2.24, 2.45) is 5.92 Å². The molecule has 4 heteroatoms. The highest BCUT2D eigenvalue weighted by Gasteiger charge is 2.36. The molecular weight excluding hydrogens is 196 g/mol. The van der Waals surface area contributed by atoms with Crippen LogP contribution in [0.3, 0.4) is 0 Å². The third kappa shape index (κ3) is 3.20. The minimum atomic E-state index is -0.914. The lowest BCUT2D eigenvalue weighted by Gasteiger charge is -2.35. The van der Waals surface area contributed by atoms with Crippen molar-refractivity contribution in [3.63, 3.8) is 0 Å². The van der Waals surface area contributed by atoms with Crippen LogP contribution >= 0.6 is 0 Å². The maximum Gasteiger partial charge on any atom is 0.278 e. The number of ether oxygens (including phenoxy) is 2. The first-order valence-corrected chi connectivity index (χ1v) is 5.80. The maximum atomic E-state index is 5.41. The number of methoxy groups -OCH3 is 2. The van der Waals surface area contributed by atoms with Gasteiger partial charge in [0, 0.05) is 14.2 Å². The second-order valence-electron chi connectivity index (χ2n) is 3.20.